The molecule has 0 amide bonds. The molecule has 5 nitrogen and oxygen atoms in total. The van der Waals surface area contributed by atoms with E-state index in [-0.39, 0.29) is 30.4 Å². The minimum atomic E-state index is -0.380. The molecule has 0 radical (unpaired) electrons. The Hall–Kier alpha value is -2.67. The molecule has 0 fully saturated rings. The maximum atomic E-state index is 13.5. The van der Waals surface area contributed by atoms with Crippen molar-refractivity contribution in [3.63, 3.8) is 0 Å². The van der Waals surface area contributed by atoms with E-state index in [9.17, 15) is 14.0 Å². The highest BCUT2D eigenvalue weighted by molar-refractivity contribution is 7.99. The minimum Gasteiger partial charge on any atom is -0.465 e. The van der Waals surface area contributed by atoms with Gasteiger partial charge in [0.05, 0.1) is 17.3 Å². The van der Waals surface area contributed by atoms with Gasteiger partial charge in [0.15, 0.2) is 0 Å². The lowest BCUT2D eigenvalue weighted by molar-refractivity contribution is -0.142. The minimum absolute atomic E-state index is 0.117. The van der Waals surface area contributed by atoms with Crippen LogP contribution in [0.4, 0.5) is 4.39 Å². The lowest BCUT2D eigenvalue weighted by Crippen LogP contribution is -2.14. The zero-order chi connectivity index (χ0) is 18.4. The number of ether oxygens (including phenoxy) is 1. The number of rotatable bonds is 7. The zero-order valence-electron chi connectivity index (χ0n) is 13.9. The van der Waals surface area contributed by atoms with Crippen molar-refractivity contribution in [1.29, 1.82) is 0 Å². The maximum absolute atomic E-state index is 13.5. The standard InChI is InChI=1S/C19H17FN2O3S/c20-14-6-2-4-8-16(14)26-12-11-25-18(23)10-9-17-21-15-7-3-1-5-13(15)19(24)22-17/h1-8H,9-12H2,(H,21,22,24). The van der Waals surface area contributed by atoms with Crippen LogP contribution < -0.4 is 5.56 Å². The molecule has 1 heterocycles. The Bertz CT molecular complexity index is 974. The van der Waals surface area contributed by atoms with Crippen LogP contribution in [0.5, 0.6) is 0 Å². The number of benzene rings is 2. The first-order chi connectivity index (χ1) is 12.6. The molecule has 0 aliphatic carbocycles. The second-order valence-corrected chi connectivity index (χ2v) is 6.67. The Labute approximate surface area is 153 Å². The summed E-state index contributed by atoms with van der Waals surface area (Å²) in [6.45, 7) is 0.194. The van der Waals surface area contributed by atoms with Gasteiger partial charge in [-0.05, 0) is 24.3 Å². The van der Waals surface area contributed by atoms with Crippen molar-refractivity contribution >= 4 is 28.6 Å². The number of para-hydroxylation sites is 1. The van der Waals surface area contributed by atoms with E-state index in [2.05, 4.69) is 9.97 Å². The predicted molar refractivity (Wildman–Crippen MR) is 98.8 cm³/mol. The molecule has 0 aliphatic rings. The van der Waals surface area contributed by atoms with E-state index in [1.54, 1.807) is 42.5 Å². The molecule has 0 atom stereocenters. The van der Waals surface area contributed by atoms with Crippen LogP contribution in [0.1, 0.15) is 12.2 Å². The second kappa shape index (κ2) is 8.62. The summed E-state index contributed by atoms with van der Waals surface area (Å²) in [7, 11) is 0. The molecule has 1 N–H and O–H groups in total. The molecular weight excluding hydrogens is 355 g/mol. The van der Waals surface area contributed by atoms with Gasteiger partial charge < -0.3 is 9.72 Å². The normalized spacial score (nSPS) is 10.8. The van der Waals surface area contributed by atoms with Crippen molar-refractivity contribution in [3.8, 4) is 0 Å². The maximum Gasteiger partial charge on any atom is 0.306 e. The van der Waals surface area contributed by atoms with Crippen LogP contribution in [0, 0.1) is 5.82 Å². The number of thioether (sulfide) groups is 1. The molecule has 0 saturated carbocycles. The number of esters is 1. The van der Waals surface area contributed by atoms with E-state index in [4.69, 9.17) is 4.74 Å². The van der Waals surface area contributed by atoms with Crippen molar-refractivity contribution in [2.75, 3.05) is 12.4 Å². The molecule has 3 rings (SSSR count). The Balaban J connectivity index is 1.46. The van der Waals surface area contributed by atoms with Gasteiger partial charge in [-0.1, -0.05) is 24.3 Å². The average molecular weight is 372 g/mol. The van der Waals surface area contributed by atoms with Crippen LogP contribution in [0.2, 0.25) is 0 Å². The number of aryl methyl sites for hydroxylation is 1. The van der Waals surface area contributed by atoms with Gasteiger partial charge in [-0.3, -0.25) is 9.59 Å². The van der Waals surface area contributed by atoms with Crippen LogP contribution in [0.15, 0.2) is 58.2 Å². The summed E-state index contributed by atoms with van der Waals surface area (Å²) in [5, 5.41) is 0.518. The smallest absolute Gasteiger partial charge is 0.306 e. The number of carbonyl (C=O) groups excluding carboxylic acids is 1. The van der Waals surface area contributed by atoms with Crippen molar-refractivity contribution in [2.45, 2.75) is 17.7 Å². The average Bonchev–Trinajstić information content (AvgIpc) is 2.65. The Morgan fingerprint density at radius 3 is 2.77 bits per heavy atom. The fraction of sp³-hybridized carbons (Fsp3) is 0.211. The van der Waals surface area contributed by atoms with E-state index in [1.807, 2.05) is 0 Å². The number of nitrogens with one attached hydrogen (secondary N) is 1. The number of halogens is 1. The number of carbonyl (C=O) groups is 1. The molecule has 0 bridgehead atoms. The van der Waals surface area contributed by atoms with Gasteiger partial charge in [0.25, 0.3) is 5.56 Å². The summed E-state index contributed by atoms with van der Waals surface area (Å²) in [6.07, 6.45) is 0.408. The van der Waals surface area contributed by atoms with Gasteiger partial charge in [-0.2, -0.15) is 0 Å². The molecule has 7 heteroatoms. The quantitative estimate of drug-likeness (QED) is 0.391. The summed E-state index contributed by atoms with van der Waals surface area (Å²) >= 11 is 1.29. The molecule has 2 aromatic carbocycles. The van der Waals surface area contributed by atoms with Crippen LogP contribution in [0.25, 0.3) is 10.9 Å². The van der Waals surface area contributed by atoms with Crippen LogP contribution in [0.3, 0.4) is 0 Å². The first-order valence-corrected chi connectivity index (χ1v) is 9.13. The summed E-state index contributed by atoms with van der Waals surface area (Å²) in [5.74, 6) is 0.258. The van der Waals surface area contributed by atoms with Gasteiger partial charge in [-0.25, -0.2) is 9.37 Å². The van der Waals surface area contributed by atoms with Crippen molar-refractivity contribution in [3.05, 3.63) is 70.5 Å². The number of aromatic nitrogens is 2. The summed E-state index contributed by atoms with van der Waals surface area (Å²) in [4.78, 5) is 31.3. The first-order valence-electron chi connectivity index (χ1n) is 8.14. The van der Waals surface area contributed by atoms with Crippen molar-refractivity contribution in [2.24, 2.45) is 0 Å². The van der Waals surface area contributed by atoms with Gasteiger partial charge in [0.1, 0.15) is 18.2 Å². The molecule has 0 saturated heterocycles. The topological polar surface area (TPSA) is 72.0 Å². The summed E-state index contributed by atoms with van der Waals surface area (Å²) in [5.41, 5.74) is 0.376. The van der Waals surface area contributed by atoms with Gasteiger partial charge >= 0.3 is 5.97 Å². The second-order valence-electron chi connectivity index (χ2n) is 5.53. The number of H-pyrrole nitrogens is 1. The number of nitrogens with zero attached hydrogens (tertiary/aromatic N) is 1. The summed E-state index contributed by atoms with van der Waals surface area (Å²) < 4.78 is 18.6. The molecule has 0 spiro atoms. The number of hydrogen-bond acceptors (Lipinski definition) is 5. The van der Waals surface area contributed by atoms with E-state index >= 15 is 0 Å². The van der Waals surface area contributed by atoms with Crippen molar-refractivity contribution in [1.82, 2.24) is 9.97 Å². The first kappa shape index (κ1) is 18.1. The SMILES string of the molecule is O=C(CCc1nc2ccccc2c(=O)[nH]1)OCCSc1ccccc1F. The fourth-order valence-electron chi connectivity index (χ4n) is 2.41. The van der Waals surface area contributed by atoms with Gasteiger partial charge in [-0.15, -0.1) is 11.8 Å². The highest BCUT2D eigenvalue weighted by Crippen LogP contribution is 2.20. The molecular formula is C19H17FN2O3S. The molecule has 3 aromatic rings. The lowest BCUT2D eigenvalue weighted by atomic mass is 10.2. The third-order valence-corrected chi connectivity index (χ3v) is 4.68. The van der Waals surface area contributed by atoms with E-state index < -0.39 is 0 Å². The number of fused-ring (bicyclic) bond motifs is 1. The lowest BCUT2D eigenvalue weighted by Gasteiger charge is -2.06. The highest BCUT2D eigenvalue weighted by atomic mass is 32.2. The van der Waals surface area contributed by atoms with E-state index in [0.717, 1.165) is 0 Å². The van der Waals surface area contributed by atoms with Crippen LogP contribution in [-0.2, 0) is 16.0 Å². The molecule has 0 unspecified atom stereocenters. The van der Waals surface area contributed by atoms with Gasteiger partial charge in [0.2, 0.25) is 0 Å². The molecule has 134 valence electrons. The monoisotopic (exact) mass is 372 g/mol. The van der Waals surface area contributed by atoms with Crippen molar-refractivity contribution < 1.29 is 13.9 Å². The Morgan fingerprint density at radius 2 is 1.92 bits per heavy atom. The zero-order valence-corrected chi connectivity index (χ0v) is 14.7. The predicted octanol–water partition coefficient (Wildman–Crippen LogP) is 3.33. The Kier molecular flexibility index (Phi) is 6.01. The third kappa shape index (κ3) is 4.70. The molecule has 0 aliphatic heterocycles. The fourth-order valence-corrected chi connectivity index (χ4v) is 3.18. The van der Waals surface area contributed by atoms with Gasteiger partial charge in [0, 0.05) is 17.1 Å². The summed E-state index contributed by atoms with van der Waals surface area (Å²) in [6, 6.07) is 13.5. The molecule has 1 aromatic heterocycles. The van der Waals surface area contributed by atoms with E-state index in [0.29, 0.717) is 33.8 Å². The van der Waals surface area contributed by atoms with Crippen LogP contribution >= 0.6 is 11.8 Å². The number of aromatic amines is 1. The largest absolute Gasteiger partial charge is 0.465 e. The Morgan fingerprint density at radius 1 is 1.15 bits per heavy atom. The van der Waals surface area contributed by atoms with Crippen LogP contribution in [-0.4, -0.2) is 28.3 Å². The number of hydrogen-bond donors (Lipinski definition) is 1. The van der Waals surface area contributed by atoms with E-state index in [1.165, 1.54) is 17.8 Å². The highest BCUT2D eigenvalue weighted by Gasteiger charge is 2.08. The molecule has 26 heavy (non-hydrogen) atoms. The third-order valence-electron chi connectivity index (χ3n) is 3.67.